The molecule has 0 fully saturated rings. The number of aryl methyl sites for hydroxylation is 3. The lowest BCUT2D eigenvalue weighted by atomic mass is 10.1. The number of carbonyl (C=O) groups is 1. The van der Waals surface area contributed by atoms with Gasteiger partial charge in [-0.3, -0.25) is 9.89 Å². The monoisotopic (exact) mass is 340 g/mol. The fraction of sp³-hybridized carbons (Fsp3) is 0.278. The minimum Gasteiger partial charge on any atom is -0.352 e. The molecule has 0 saturated carbocycles. The van der Waals surface area contributed by atoms with Gasteiger partial charge in [-0.1, -0.05) is 18.2 Å². The highest BCUT2D eigenvalue weighted by Gasteiger charge is 2.11. The molecule has 0 bridgehead atoms. The van der Waals surface area contributed by atoms with Gasteiger partial charge in [0.15, 0.2) is 0 Å². The Balaban J connectivity index is 1.63. The average molecular weight is 340 g/mol. The van der Waals surface area contributed by atoms with E-state index in [1.54, 1.807) is 11.3 Å². The number of nitrogens with one attached hydrogen (secondary N) is 2. The van der Waals surface area contributed by atoms with E-state index in [4.69, 9.17) is 0 Å². The predicted molar refractivity (Wildman–Crippen MR) is 95.9 cm³/mol. The maximum atomic E-state index is 12.2. The van der Waals surface area contributed by atoms with Crippen LogP contribution >= 0.6 is 11.3 Å². The van der Waals surface area contributed by atoms with Crippen molar-refractivity contribution in [2.24, 2.45) is 0 Å². The molecule has 2 heterocycles. The van der Waals surface area contributed by atoms with Crippen LogP contribution in [0.1, 0.15) is 27.5 Å². The van der Waals surface area contributed by atoms with E-state index in [2.05, 4.69) is 31.9 Å². The van der Waals surface area contributed by atoms with Crippen molar-refractivity contribution in [2.45, 2.75) is 33.7 Å². The minimum absolute atomic E-state index is 0.00231. The largest absolute Gasteiger partial charge is 0.352 e. The Morgan fingerprint density at radius 1 is 1.29 bits per heavy atom. The van der Waals surface area contributed by atoms with Crippen molar-refractivity contribution < 1.29 is 4.79 Å². The summed E-state index contributed by atoms with van der Waals surface area (Å²) in [4.78, 5) is 16.7. The maximum absolute atomic E-state index is 12.2. The van der Waals surface area contributed by atoms with Gasteiger partial charge in [0.1, 0.15) is 0 Å². The number of carbonyl (C=O) groups excluding carboxylic acids is 1. The molecule has 0 saturated heterocycles. The number of hydrogen-bond acceptors (Lipinski definition) is 4. The van der Waals surface area contributed by atoms with Gasteiger partial charge >= 0.3 is 0 Å². The van der Waals surface area contributed by atoms with Crippen LogP contribution in [0.4, 0.5) is 0 Å². The van der Waals surface area contributed by atoms with Crippen molar-refractivity contribution in [3.05, 3.63) is 57.2 Å². The number of hydrogen-bond donors (Lipinski definition) is 2. The first-order chi connectivity index (χ1) is 11.5. The molecule has 6 heteroatoms. The van der Waals surface area contributed by atoms with E-state index in [0.717, 1.165) is 38.8 Å². The molecule has 0 aliphatic heterocycles. The molecule has 1 aromatic carbocycles. The summed E-state index contributed by atoms with van der Waals surface area (Å²) >= 11 is 1.64. The third kappa shape index (κ3) is 3.71. The highest BCUT2D eigenvalue weighted by atomic mass is 32.1. The molecule has 5 nitrogen and oxygen atoms in total. The lowest BCUT2D eigenvalue weighted by Gasteiger charge is -2.07. The highest BCUT2D eigenvalue weighted by molar-refractivity contribution is 7.09. The van der Waals surface area contributed by atoms with Gasteiger partial charge in [-0.15, -0.1) is 11.3 Å². The zero-order valence-corrected chi connectivity index (χ0v) is 14.8. The van der Waals surface area contributed by atoms with Crippen molar-refractivity contribution in [1.82, 2.24) is 20.5 Å². The van der Waals surface area contributed by atoms with Crippen molar-refractivity contribution in [2.75, 3.05) is 0 Å². The number of benzene rings is 1. The lowest BCUT2D eigenvalue weighted by molar-refractivity contribution is -0.120. The van der Waals surface area contributed by atoms with Crippen LogP contribution < -0.4 is 5.32 Å². The van der Waals surface area contributed by atoms with E-state index >= 15 is 0 Å². The summed E-state index contributed by atoms with van der Waals surface area (Å²) in [6.07, 6.45) is 0.346. The van der Waals surface area contributed by atoms with Crippen LogP contribution in [0.15, 0.2) is 29.6 Å². The summed E-state index contributed by atoms with van der Waals surface area (Å²) in [6.45, 7) is 6.34. The number of amides is 1. The van der Waals surface area contributed by atoms with Gasteiger partial charge in [0.25, 0.3) is 0 Å². The molecule has 1 amide bonds. The quantitative estimate of drug-likeness (QED) is 0.748. The first kappa shape index (κ1) is 16.4. The SMILES string of the molecule is Cc1nc(-c2cccc(CNC(=O)Cc3c(C)n[nH]c3C)c2)cs1. The summed E-state index contributed by atoms with van der Waals surface area (Å²) in [6, 6.07) is 8.12. The fourth-order valence-corrected chi connectivity index (χ4v) is 3.22. The Labute approximate surface area is 145 Å². The van der Waals surface area contributed by atoms with E-state index < -0.39 is 0 Å². The first-order valence-corrected chi connectivity index (χ1v) is 8.69. The normalized spacial score (nSPS) is 10.8. The molecular formula is C18H20N4OS. The topological polar surface area (TPSA) is 70.7 Å². The van der Waals surface area contributed by atoms with Gasteiger partial charge in [0.2, 0.25) is 5.91 Å². The summed E-state index contributed by atoms with van der Waals surface area (Å²) < 4.78 is 0. The number of aromatic amines is 1. The Kier molecular flexibility index (Phi) is 4.76. The van der Waals surface area contributed by atoms with Crippen LogP contribution in [0.5, 0.6) is 0 Å². The van der Waals surface area contributed by atoms with Crippen LogP contribution in [-0.2, 0) is 17.8 Å². The minimum atomic E-state index is -0.00231. The van der Waals surface area contributed by atoms with Crippen LogP contribution in [0.3, 0.4) is 0 Å². The standard InChI is InChI=1S/C18H20N4OS/c1-11-16(12(2)22-21-11)8-18(23)19-9-14-5-4-6-15(7-14)17-10-24-13(3)20-17/h4-7,10H,8-9H2,1-3H3,(H,19,23)(H,21,22). The van der Waals surface area contributed by atoms with Gasteiger partial charge in [0.05, 0.1) is 22.8 Å². The first-order valence-electron chi connectivity index (χ1n) is 7.81. The van der Waals surface area contributed by atoms with Crippen molar-refractivity contribution in [3.63, 3.8) is 0 Å². The van der Waals surface area contributed by atoms with E-state index in [0.29, 0.717) is 13.0 Å². The average Bonchev–Trinajstić information content (AvgIpc) is 3.14. The molecule has 0 radical (unpaired) electrons. The molecule has 2 aromatic heterocycles. The third-order valence-electron chi connectivity index (χ3n) is 3.95. The summed E-state index contributed by atoms with van der Waals surface area (Å²) in [7, 11) is 0. The van der Waals surface area contributed by atoms with Gasteiger partial charge in [-0.25, -0.2) is 4.98 Å². The van der Waals surface area contributed by atoms with E-state index in [1.807, 2.05) is 39.0 Å². The summed E-state index contributed by atoms with van der Waals surface area (Å²) in [5.41, 5.74) is 5.92. The molecule has 2 N–H and O–H groups in total. The Bertz CT molecular complexity index is 846. The molecule has 3 rings (SSSR count). The Hall–Kier alpha value is -2.47. The van der Waals surface area contributed by atoms with Crippen LogP contribution in [0, 0.1) is 20.8 Å². The fourth-order valence-electron chi connectivity index (χ4n) is 2.59. The number of nitrogens with zero attached hydrogens (tertiary/aromatic N) is 2. The second-order valence-corrected chi connectivity index (χ2v) is 6.88. The van der Waals surface area contributed by atoms with E-state index in [9.17, 15) is 4.79 Å². The molecule has 24 heavy (non-hydrogen) atoms. The van der Waals surface area contributed by atoms with Crippen molar-refractivity contribution in [3.8, 4) is 11.3 Å². The highest BCUT2D eigenvalue weighted by Crippen LogP contribution is 2.22. The summed E-state index contributed by atoms with van der Waals surface area (Å²) in [5.74, 6) is -0.00231. The number of H-pyrrole nitrogens is 1. The molecular weight excluding hydrogens is 320 g/mol. The molecule has 0 atom stereocenters. The zero-order chi connectivity index (χ0) is 17.1. The van der Waals surface area contributed by atoms with Crippen molar-refractivity contribution in [1.29, 1.82) is 0 Å². The molecule has 0 aliphatic carbocycles. The van der Waals surface area contributed by atoms with Gasteiger partial charge in [-0.05, 0) is 32.4 Å². The number of rotatable bonds is 5. The number of aromatic nitrogens is 3. The number of thiazole rings is 1. The van der Waals surface area contributed by atoms with Gasteiger partial charge in [0, 0.05) is 28.7 Å². The van der Waals surface area contributed by atoms with E-state index in [-0.39, 0.29) is 5.91 Å². The lowest BCUT2D eigenvalue weighted by Crippen LogP contribution is -2.25. The molecule has 0 aliphatic rings. The third-order valence-corrected chi connectivity index (χ3v) is 4.72. The van der Waals surface area contributed by atoms with Crippen molar-refractivity contribution >= 4 is 17.2 Å². The molecule has 0 unspecified atom stereocenters. The Morgan fingerprint density at radius 3 is 2.79 bits per heavy atom. The maximum Gasteiger partial charge on any atom is 0.224 e. The van der Waals surface area contributed by atoms with Gasteiger partial charge < -0.3 is 5.32 Å². The smallest absolute Gasteiger partial charge is 0.224 e. The zero-order valence-electron chi connectivity index (χ0n) is 14.0. The van der Waals surface area contributed by atoms with Crippen LogP contribution in [-0.4, -0.2) is 21.1 Å². The van der Waals surface area contributed by atoms with Crippen LogP contribution in [0.2, 0.25) is 0 Å². The predicted octanol–water partition coefficient (Wildman–Crippen LogP) is 3.32. The second kappa shape index (κ2) is 6.97. The van der Waals surface area contributed by atoms with Crippen LogP contribution in [0.25, 0.3) is 11.3 Å². The second-order valence-electron chi connectivity index (χ2n) is 5.82. The molecule has 3 aromatic rings. The Morgan fingerprint density at radius 2 is 2.12 bits per heavy atom. The molecule has 0 spiro atoms. The summed E-state index contributed by atoms with van der Waals surface area (Å²) in [5, 5.41) is 13.1. The van der Waals surface area contributed by atoms with E-state index in [1.165, 1.54) is 0 Å². The van der Waals surface area contributed by atoms with Gasteiger partial charge in [-0.2, -0.15) is 5.10 Å². The molecule has 124 valence electrons.